The van der Waals surface area contributed by atoms with Crippen LogP contribution in [-0.4, -0.2) is 46.5 Å². The lowest BCUT2D eigenvalue weighted by atomic mass is 10.2. The molecule has 10 heteroatoms. The highest BCUT2D eigenvalue weighted by atomic mass is 35.5. The van der Waals surface area contributed by atoms with Gasteiger partial charge in [0.05, 0.1) is 19.1 Å². The van der Waals surface area contributed by atoms with E-state index in [4.69, 9.17) is 27.9 Å². The van der Waals surface area contributed by atoms with Crippen molar-refractivity contribution in [2.75, 3.05) is 36.5 Å². The number of thioether (sulfide) groups is 1. The fourth-order valence-electron chi connectivity index (χ4n) is 2.44. The van der Waals surface area contributed by atoms with Crippen molar-refractivity contribution in [3.8, 4) is 5.75 Å². The van der Waals surface area contributed by atoms with E-state index in [9.17, 15) is 13.2 Å². The summed E-state index contributed by atoms with van der Waals surface area (Å²) in [6.45, 7) is 0.101. The molecule has 0 radical (unpaired) electrons. The molecular weight excluding hydrogens is 455 g/mol. The minimum Gasteiger partial charge on any atom is -0.497 e. The van der Waals surface area contributed by atoms with Crippen LogP contribution in [0.15, 0.2) is 42.5 Å². The van der Waals surface area contributed by atoms with E-state index in [-0.39, 0.29) is 12.5 Å². The molecule has 2 aromatic rings. The smallest absolute Gasteiger partial charge is 0.240 e. The molecule has 0 fully saturated rings. The van der Waals surface area contributed by atoms with Crippen molar-refractivity contribution in [3.05, 3.63) is 58.1 Å². The molecule has 0 heterocycles. The molecule has 1 N–H and O–H groups in total. The number of carbonyl (C=O) groups excluding carboxylic acids is 1. The molecule has 29 heavy (non-hydrogen) atoms. The largest absolute Gasteiger partial charge is 0.497 e. The molecule has 0 aromatic heterocycles. The van der Waals surface area contributed by atoms with E-state index in [0.29, 0.717) is 39.5 Å². The first-order chi connectivity index (χ1) is 13.7. The number of methoxy groups -OCH3 is 1. The Morgan fingerprint density at radius 2 is 1.97 bits per heavy atom. The summed E-state index contributed by atoms with van der Waals surface area (Å²) in [7, 11) is -2.14. The van der Waals surface area contributed by atoms with Crippen LogP contribution in [0, 0.1) is 0 Å². The fraction of sp³-hybridized carbons (Fsp3) is 0.316. The van der Waals surface area contributed by atoms with Gasteiger partial charge in [-0.25, -0.2) is 8.42 Å². The summed E-state index contributed by atoms with van der Waals surface area (Å²) >= 11 is 13.6. The van der Waals surface area contributed by atoms with Gasteiger partial charge in [0.25, 0.3) is 0 Å². The van der Waals surface area contributed by atoms with E-state index < -0.39 is 10.0 Å². The predicted molar refractivity (Wildman–Crippen MR) is 121 cm³/mol. The lowest BCUT2D eigenvalue weighted by molar-refractivity contribution is -0.119. The zero-order valence-electron chi connectivity index (χ0n) is 16.0. The molecule has 0 unspecified atom stereocenters. The molecule has 6 nitrogen and oxygen atoms in total. The molecule has 0 saturated heterocycles. The molecule has 0 aliphatic heterocycles. The normalized spacial score (nSPS) is 11.2. The van der Waals surface area contributed by atoms with E-state index >= 15 is 0 Å². The van der Waals surface area contributed by atoms with Gasteiger partial charge in [-0.3, -0.25) is 9.10 Å². The van der Waals surface area contributed by atoms with Gasteiger partial charge in [0.2, 0.25) is 15.9 Å². The number of carbonyl (C=O) groups is 1. The highest BCUT2D eigenvalue weighted by Crippen LogP contribution is 2.25. The van der Waals surface area contributed by atoms with E-state index in [0.717, 1.165) is 16.1 Å². The summed E-state index contributed by atoms with van der Waals surface area (Å²) in [4.78, 5) is 12.3. The Hall–Kier alpha value is -1.61. The van der Waals surface area contributed by atoms with Crippen LogP contribution >= 0.6 is 35.0 Å². The van der Waals surface area contributed by atoms with Gasteiger partial charge < -0.3 is 10.1 Å². The Labute approximate surface area is 185 Å². The Kier molecular flexibility index (Phi) is 8.95. The highest BCUT2D eigenvalue weighted by Gasteiger charge is 2.21. The van der Waals surface area contributed by atoms with Crippen LogP contribution in [-0.2, 0) is 20.6 Å². The molecule has 0 aliphatic carbocycles. The molecule has 2 aromatic carbocycles. The van der Waals surface area contributed by atoms with E-state index in [1.165, 1.54) is 7.11 Å². The number of nitrogens with one attached hydrogen (secondary N) is 1. The molecule has 0 saturated carbocycles. The molecule has 0 spiro atoms. The van der Waals surface area contributed by atoms with Crippen molar-refractivity contribution in [1.82, 2.24) is 5.32 Å². The molecule has 1 amide bonds. The summed E-state index contributed by atoms with van der Waals surface area (Å²) < 4.78 is 30.4. The topological polar surface area (TPSA) is 75.7 Å². The fourth-order valence-corrected chi connectivity index (χ4v) is 4.70. The maximum absolute atomic E-state index is 12.3. The lowest BCUT2D eigenvalue weighted by Crippen LogP contribution is -2.41. The number of amides is 1. The van der Waals surface area contributed by atoms with Crippen LogP contribution in [0.2, 0.25) is 10.0 Å². The zero-order valence-corrected chi connectivity index (χ0v) is 19.2. The van der Waals surface area contributed by atoms with Crippen molar-refractivity contribution < 1.29 is 17.9 Å². The standard InChI is InChI=1S/C19H22Cl2N2O4S2/c1-27-17-5-3-4-16(11-17)23(29(2,25)26)12-19(24)22-8-9-28-13-14-6-7-15(20)10-18(14)21/h3-7,10-11H,8-9,12-13H2,1-2H3,(H,22,24). The molecular formula is C19H22Cl2N2O4S2. The molecule has 158 valence electrons. The number of hydrogen-bond donors (Lipinski definition) is 1. The molecule has 0 aliphatic rings. The average Bonchev–Trinajstić information content (AvgIpc) is 2.66. The number of benzene rings is 2. The predicted octanol–water partition coefficient (Wildman–Crippen LogP) is 3.82. The third kappa shape index (κ3) is 7.62. The second-order valence-corrected chi connectivity index (χ2v) is 9.97. The maximum Gasteiger partial charge on any atom is 0.240 e. The van der Waals surface area contributed by atoms with Crippen molar-refractivity contribution >= 4 is 56.6 Å². The minimum absolute atomic E-state index is 0.306. The van der Waals surface area contributed by atoms with Gasteiger partial charge >= 0.3 is 0 Å². The van der Waals surface area contributed by atoms with Gasteiger partial charge in [0.15, 0.2) is 0 Å². The van der Waals surface area contributed by atoms with Crippen molar-refractivity contribution in [2.45, 2.75) is 5.75 Å². The van der Waals surface area contributed by atoms with E-state index in [2.05, 4.69) is 5.32 Å². The summed E-state index contributed by atoms with van der Waals surface area (Å²) in [5, 5.41) is 3.94. The van der Waals surface area contributed by atoms with Crippen LogP contribution in [0.5, 0.6) is 5.75 Å². The highest BCUT2D eigenvalue weighted by molar-refractivity contribution is 7.98. The van der Waals surface area contributed by atoms with Crippen LogP contribution in [0.4, 0.5) is 5.69 Å². The summed E-state index contributed by atoms with van der Waals surface area (Å²) in [6.07, 6.45) is 1.06. The molecule has 0 bridgehead atoms. The van der Waals surface area contributed by atoms with Gasteiger partial charge in [-0.1, -0.05) is 35.3 Å². The van der Waals surface area contributed by atoms with Gasteiger partial charge in [0, 0.05) is 34.2 Å². The van der Waals surface area contributed by atoms with Gasteiger partial charge in [0.1, 0.15) is 12.3 Å². The number of ether oxygens (including phenoxy) is 1. The molecule has 0 atom stereocenters. The van der Waals surface area contributed by atoms with Crippen molar-refractivity contribution in [1.29, 1.82) is 0 Å². The number of hydrogen-bond acceptors (Lipinski definition) is 5. The van der Waals surface area contributed by atoms with Crippen molar-refractivity contribution in [2.24, 2.45) is 0 Å². The first kappa shape index (κ1) is 23.7. The number of nitrogens with zero attached hydrogens (tertiary/aromatic N) is 1. The third-order valence-corrected chi connectivity index (χ3v) is 6.61. The summed E-state index contributed by atoms with van der Waals surface area (Å²) in [5.41, 5.74) is 1.34. The first-order valence-corrected chi connectivity index (χ1v) is 12.4. The van der Waals surface area contributed by atoms with Crippen LogP contribution in [0.1, 0.15) is 5.56 Å². The minimum atomic E-state index is -3.63. The average molecular weight is 477 g/mol. The Morgan fingerprint density at radius 3 is 2.62 bits per heavy atom. The van der Waals surface area contributed by atoms with E-state index in [1.54, 1.807) is 48.2 Å². The van der Waals surface area contributed by atoms with Gasteiger partial charge in [-0.15, -0.1) is 0 Å². The third-order valence-electron chi connectivity index (χ3n) is 3.87. The number of sulfonamides is 1. The Morgan fingerprint density at radius 1 is 1.21 bits per heavy atom. The quantitative estimate of drug-likeness (QED) is 0.527. The summed E-state index contributed by atoms with van der Waals surface area (Å²) in [5.74, 6) is 1.46. The zero-order chi connectivity index (χ0) is 21.4. The Bertz CT molecular complexity index is 955. The van der Waals surface area contributed by atoms with Crippen molar-refractivity contribution in [3.63, 3.8) is 0 Å². The number of anilines is 1. The van der Waals surface area contributed by atoms with Crippen LogP contribution in [0.3, 0.4) is 0 Å². The van der Waals surface area contributed by atoms with Crippen LogP contribution in [0.25, 0.3) is 0 Å². The first-order valence-electron chi connectivity index (χ1n) is 8.61. The van der Waals surface area contributed by atoms with Crippen LogP contribution < -0.4 is 14.4 Å². The van der Waals surface area contributed by atoms with Gasteiger partial charge in [-0.2, -0.15) is 11.8 Å². The molecule has 2 rings (SSSR count). The Balaban J connectivity index is 1.85. The lowest BCUT2D eigenvalue weighted by Gasteiger charge is -2.22. The summed E-state index contributed by atoms with van der Waals surface area (Å²) in [6, 6.07) is 11.9. The second kappa shape index (κ2) is 11.0. The SMILES string of the molecule is COc1cccc(N(CC(=O)NCCSCc2ccc(Cl)cc2Cl)S(C)(=O)=O)c1. The van der Waals surface area contributed by atoms with E-state index in [1.807, 2.05) is 6.07 Å². The number of halogens is 2. The van der Waals surface area contributed by atoms with Gasteiger partial charge in [-0.05, 0) is 29.8 Å². The maximum atomic E-state index is 12.3. The number of rotatable bonds is 10. The monoisotopic (exact) mass is 476 g/mol. The second-order valence-electron chi connectivity index (χ2n) is 6.11.